The van der Waals surface area contributed by atoms with E-state index in [2.05, 4.69) is 15.0 Å². The molecule has 24 heavy (non-hydrogen) atoms. The van der Waals surface area contributed by atoms with E-state index >= 15 is 0 Å². The van der Waals surface area contributed by atoms with Gasteiger partial charge in [-0.15, -0.1) is 0 Å². The van der Waals surface area contributed by atoms with Crippen LogP contribution < -0.4 is 5.56 Å². The van der Waals surface area contributed by atoms with Crippen LogP contribution in [0.4, 0.5) is 11.4 Å². The summed E-state index contributed by atoms with van der Waals surface area (Å²) in [4.78, 5) is 42.5. The van der Waals surface area contributed by atoms with Gasteiger partial charge in [-0.2, -0.15) is 0 Å². The third-order valence-corrected chi connectivity index (χ3v) is 3.51. The molecule has 0 fully saturated rings. The quantitative estimate of drug-likeness (QED) is 0.545. The topological polar surface area (TPSA) is 150 Å². The number of aromatic amines is 1. The van der Waals surface area contributed by atoms with E-state index < -0.39 is 9.85 Å². The minimum absolute atomic E-state index is 0.177. The second kappa shape index (κ2) is 5.87. The normalized spacial score (nSPS) is 10.8. The lowest BCUT2D eigenvalue weighted by molar-refractivity contribution is -0.394. The molecule has 0 saturated heterocycles. The van der Waals surface area contributed by atoms with Gasteiger partial charge in [0.1, 0.15) is 0 Å². The Morgan fingerprint density at radius 3 is 2.67 bits per heavy atom. The molecule has 0 amide bonds. The Morgan fingerprint density at radius 2 is 1.96 bits per heavy atom. The van der Waals surface area contributed by atoms with Crippen molar-refractivity contribution in [3.8, 4) is 0 Å². The highest BCUT2D eigenvalue weighted by atomic mass is 16.6. The number of non-ortho nitro benzene ring substituents is 1. The number of hydrogen-bond donors (Lipinski definition) is 1. The number of nitro benzene ring substituents is 2. The van der Waals surface area contributed by atoms with Gasteiger partial charge in [-0.05, 0) is 12.5 Å². The van der Waals surface area contributed by atoms with Crippen molar-refractivity contribution in [3.05, 3.63) is 67.0 Å². The van der Waals surface area contributed by atoms with Crippen molar-refractivity contribution in [2.45, 2.75) is 13.0 Å². The van der Waals surface area contributed by atoms with Gasteiger partial charge in [0.2, 0.25) is 0 Å². The molecule has 0 saturated carbocycles. The fraction of sp³-hybridized carbons (Fsp3) is 0.154. The molecule has 2 aromatic heterocycles. The first-order valence-electron chi connectivity index (χ1n) is 6.77. The standard InChI is InChI=1S/C13H10N6O5/c20-13-11-12(14-6-15-13)17(7-16-11)4-3-8-1-2-9(18(21)22)5-10(8)19(23)24/h1-2,5-7H,3-4H2,(H,14,15,20). The SMILES string of the molecule is O=c1[nH]cnc2c1ncn2CCc1ccc([N+](=O)[O-])cc1[N+](=O)[O-]. The average molecular weight is 330 g/mol. The van der Waals surface area contributed by atoms with Crippen LogP contribution in [0.15, 0.2) is 35.6 Å². The smallest absolute Gasteiger partial charge is 0.279 e. The van der Waals surface area contributed by atoms with Gasteiger partial charge in [-0.3, -0.25) is 25.0 Å². The van der Waals surface area contributed by atoms with Gasteiger partial charge in [-0.1, -0.05) is 0 Å². The van der Waals surface area contributed by atoms with Crippen LogP contribution in [0, 0.1) is 20.2 Å². The first-order valence-corrected chi connectivity index (χ1v) is 6.77. The van der Waals surface area contributed by atoms with Gasteiger partial charge in [0, 0.05) is 18.2 Å². The van der Waals surface area contributed by atoms with Crippen LogP contribution in [0.2, 0.25) is 0 Å². The van der Waals surface area contributed by atoms with Crippen LogP contribution in [0.1, 0.15) is 5.56 Å². The third kappa shape index (κ3) is 2.69. The van der Waals surface area contributed by atoms with E-state index in [1.165, 1.54) is 24.8 Å². The van der Waals surface area contributed by atoms with Gasteiger partial charge in [0.05, 0.1) is 28.6 Å². The molecule has 11 heteroatoms. The average Bonchev–Trinajstić information content (AvgIpc) is 2.97. The summed E-state index contributed by atoms with van der Waals surface area (Å²) in [6.45, 7) is 0.283. The zero-order chi connectivity index (χ0) is 17.3. The molecule has 0 aliphatic rings. The molecule has 0 aliphatic heterocycles. The summed E-state index contributed by atoms with van der Waals surface area (Å²) in [5.74, 6) is 0. The van der Waals surface area contributed by atoms with Gasteiger partial charge >= 0.3 is 0 Å². The summed E-state index contributed by atoms with van der Waals surface area (Å²) in [5.41, 5.74) is -0.150. The first kappa shape index (κ1) is 15.3. The summed E-state index contributed by atoms with van der Waals surface area (Å²) < 4.78 is 1.59. The fourth-order valence-corrected chi connectivity index (χ4v) is 2.34. The second-order valence-corrected chi connectivity index (χ2v) is 4.92. The van der Waals surface area contributed by atoms with E-state index in [1.54, 1.807) is 4.57 Å². The van der Waals surface area contributed by atoms with Crippen molar-refractivity contribution in [3.63, 3.8) is 0 Å². The number of hydrogen-bond acceptors (Lipinski definition) is 7. The Morgan fingerprint density at radius 1 is 1.17 bits per heavy atom. The predicted octanol–water partition coefficient (Wildman–Crippen LogP) is 1.18. The molecule has 1 N–H and O–H groups in total. The van der Waals surface area contributed by atoms with Gasteiger partial charge < -0.3 is 9.55 Å². The first-order chi connectivity index (χ1) is 11.5. The van der Waals surface area contributed by atoms with Crippen LogP contribution in [-0.2, 0) is 13.0 Å². The largest absolute Gasteiger partial charge is 0.315 e. The highest BCUT2D eigenvalue weighted by Crippen LogP contribution is 2.25. The molecule has 0 bridgehead atoms. The minimum Gasteiger partial charge on any atom is -0.315 e. The van der Waals surface area contributed by atoms with E-state index in [0.29, 0.717) is 11.2 Å². The van der Waals surface area contributed by atoms with E-state index in [1.807, 2.05) is 0 Å². The Kier molecular flexibility index (Phi) is 3.74. The van der Waals surface area contributed by atoms with Gasteiger partial charge in [-0.25, -0.2) is 9.97 Å². The van der Waals surface area contributed by atoms with Crippen LogP contribution in [0.25, 0.3) is 11.2 Å². The number of aromatic nitrogens is 4. The Hall–Kier alpha value is -3.63. The Bertz CT molecular complexity index is 1010. The zero-order valence-corrected chi connectivity index (χ0v) is 12.1. The molecule has 122 valence electrons. The van der Waals surface area contributed by atoms with E-state index in [4.69, 9.17) is 0 Å². The number of benzene rings is 1. The van der Waals surface area contributed by atoms with Crippen LogP contribution >= 0.6 is 0 Å². The number of rotatable bonds is 5. The molecular formula is C13H10N6O5. The summed E-state index contributed by atoms with van der Waals surface area (Å²) in [6.07, 6.45) is 2.90. The van der Waals surface area contributed by atoms with Crippen LogP contribution in [-0.4, -0.2) is 29.4 Å². The van der Waals surface area contributed by atoms with E-state index in [0.717, 1.165) is 6.07 Å². The number of H-pyrrole nitrogens is 1. The minimum atomic E-state index is -0.684. The molecule has 2 heterocycles. The number of nitrogens with zero attached hydrogens (tertiary/aromatic N) is 5. The van der Waals surface area contributed by atoms with Crippen LogP contribution in [0.3, 0.4) is 0 Å². The molecule has 3 aromatic rings. The number of imidazole rings is 1. The monoisotopic (exact) mass is 330 g/mol. The van der Waals surface area contributed by atoms with Crippen molar-refractivity contribution < 1.29 is 9.85 Å². The van der Waals surface area contributed by atoms with E-state index in [-0.39, 0.29) is 35.4 Å². The van der Waals surface area contributed by atoms with Crippen molar-refractivity contribution >= 4 is 22.5 Å². The van der Waals surface area contributed by atoms with E-state index in [9.17, 15) is 25.0 Å². The maximum Gasteiger partial charge on any atom is 0.279 e. The number of nitrogens with one attached hydrogen (secondary N) is 1. The highest BCUT2D eigenvalue weighted by Gasteiger charge is 2.19. The molecular weight excluding hydrogens is 320 g/mol. The zero-order valence-electron chi connectivity index (χ0n) is 12.1. The Balaban J connectivity index is 1.91. The fourth-order valence-electron chi connectivity index (χ4n) is 2.34. The lowest BCUT2D eigenvalue weighted by atomic mass is 10.1. The molecule has 11 nitrogen and oxygen atoms in total. The third-order valence-electron chi connectivity index (χ3n) is 3.51. The number of nitro groups is 2. The summed E-state index contributed by atoms with van der Waals surface area (Å²) in [7, 11) is 0. The van der Waals surface area contributed by atoms with Gasteiger partial charge in [0.25, 0.3) is 16.9 Å². The molecule has 1 aromatic carbocycles. The predicted molar refractivity (Wildman–Crippen MR) is 81.6 cm³/mol. The van der Waals surface area contributed by atoms with Crippen LogP contribution in [0.5, 0.6) is 0 Å². The molecule has 0 unspecified atom stereocenters. The molecule has 0 atom stereocenters. The lowest BCUT2D eigenvalue weighted by Gasteiger charge is -2.05. The molecule has 0 radical (unpaired) electrons. The number of aryl methyl sites for hydroxylation is 2. The molecule has 3 rings (SSSR count). The summed E-state index contributed by atoms with van der Waals surface area (Å²) in [5, 5.41) is 21.9. The maximum atomic E-state index is 11.6. The maximum absolute atomic E-state index is 11.6. The lowest BCUT2D eigenvalue weighted by Crippen LogP contribution is -2.08. The van der Waals surface area contributed by atoms with Gasteiger partial charge in [0.15, 0.2) is 11.2 Å². The van der Waals surface area contributed by atoms with Crippen molar-refractivity contribution in [2.75, 3.05) is 0 Å². The molecule has 0 aliphatic carbocycles. The highest BCUT2D eigenvalue weighted by molar-refractivity contribution is 5.68. The van der Waals surface area contributed by atoms with Crippen molar-refractivity contribution in [2.24, 2.45) is 0 Å². The molecule has 0 spiro atoms. The summed E-state index contributed by atoms with van der Waals surface area (Å²) >= 11 is 0. The number of fused-ring (bicyclic) bond motifs is 1. The Labute approximate surface area is 132 Å². The second-order valence-electron chi connectivity index (χ2n) is 4.92. The van der Waals surface area contributed by atoms with Crippen molar-refractivity contribution in [1.29, 1.82) is 0 Å². The van der Waals surface area contributed by atoms with Crippen molar-refractivity contribution in [1.82, 2.24) is 19.5 Å². The summed E-state index contributed by atoms with van der Waals surface area (Å²) in [6, 6.07) is 3.51.